The number of carbonyl (C=O) groups is 1. The van der Waals surface area contributed by atoms with Gasteiger partial charge in [0.05, 0.1) is 13.5 Å². The van der Waals surface area contributed by atoms with Crippen LogP contribution < -0.4 is 4.74 Å². The maximum Gasteiger partial charge on any atom is 0.307 e. The van der Waals surface area contributed by atoms with Gasteiger partial charge in [0.15, 0.2) is 0 Å². The Hall–Kier alpha value is -1.51. The van der Waals surface area contributed by atoms with Crippen LogP contribution in [0.3, 0.4) is 0 Å². The molecular formula is C12H18O3. The van der Waals surface area contributed by atoms with Crippen molar-refractivity contribution in [3.8, 4) is 5.75 Å². The Labute approximate surface area is 90.7 Å². The first-order valence-corrected chi connectivity index (χ1v) is 4.98. The van der Waals surface area contributed by atoms with E-state index in [9.17, 15) is 4.79 Å². The molecule has 0 aromatic heterocycles. The van der Waals surface area contributed by atoms with E-state index in [0.29, 0.717) is 0 Å². The molecule has 0 aliphatic carbocycles. The molecule has 1 aromatic rings. The predicted octanol–water partition coefficient (Wildman–Crippen LogP) is 2.74. The lowest BCUT2D eigenvalue weighted by molar-refractivity contribution is -0.136. The van der Waals surface area contributed by atoms with E-state index in [0.717, 1.165) is 11.3 Å². The monoisotopic (exact) mass is 210 g/mol. The second kappa shape index (κ2) is 7.85. The number of ether oxygens (including phenoxy) is 1. The van der Waals surface area contributed by atoms with Gasteiger partial charge in [0, 0.05) is 0 Å². The molecule has 3 nitrogen and oxygen atoms in total. The predicted molar refractivity (Wildman–Crippen MR) is 60.3 cm³/mol. The van der Waals surface area contributed by atoms with Crippen LogP contribution in [0.2, 0.25) is 0 Å². The summed E-state index contributed by atoms with van der Waals surface area (Å²) in [6, 6.07) is 6.98. The molecule has 1 N–H and O–H groups in total. The first-order valence-electron chi connectivity index (χ1n) is 4.98. The van der Waals surface area contributed by atoms with Gasteiger partial charge in [-0.05, 0) is 17.7 Å². The SMILES string of the molecule is CCC.COc1ccc(CC(=O)O)cc1. The van der Waals surface area contributed by atoms with Crippen LogP contribution in [0.5, 0.6) is 5.75 Å². The normalized spacial score (nSPS) is 8.73. The molecule has 1 aromatic carbocycles. The number of rotatable bonds is 3. The molecule has 0 atom stereocenters. The third-order valence-electron chi connectivity index (χ3n) is 1.51. The molecule has 0 radical (unpaired) electrons. The maximum atomic E-state index is 10.3. The molecule has 0 aliphatic heterocycles. The fourth-order valence-corrected chi connectivity index (χ4v) is 0.918. The summed E-state index contributed by atoms with van der Waals surface area (Å²) in [7, 11) is 1.58. The molecule has 3 heteroatoms. The summed E-state index contributed by atoms with van der Waals surface area (Å²) in [5.74, 6) is -0.0793. The Kier molecular flexibility index (Phi) is 7.06. The minimum atomic E-state index is -0.819. The molecule has 0 amide bonds. The van der Waals surface area contributed by atoms with E-state index in [2.05, 4.69) is 13.8 Å². The molecule has 0 saturated heterocycles. The minimum Gasteiger partial charge on any atom is -0.497 e. The van der Waals surface area contributed by atoms with Gasteiger partial charge in [-0.1, -0.05) is 32.4 Å². The van der Waals surface area contributed by atoms with Gasteiger partial charge in [0.2, 0.25) is 0 Å². The topological polar surface area (TPSA) is 46.5 Å². The lowest BCUT2D eigenvalue weighted by atomic mass is 10.1. The van der Waals surface area contributed by atoms with Gasteiger partial charge in [-0.15, -0.1) is 0 Å². The standard InChI is InChI=1S/C9H10O3.C3H8/c1-12-8-4-2-7(3-5-8)6-9(10)11;1-3-2/h2-5H,6H2,1H3,(H,10,11);3H2,1-2H3. The first kappa shape index (κ1) is 13.5. The van der Waals surface area contributed by atoms with E-state index in [-0.39, 0.29) is 6.42 Å². The fourth-order valence-electron chi connectivity index (χ4n) is 0.918. The molecular weight excluding hydrogens is 192 g/mol. The summed E-state index contributed by atoms with van der Waals surface area (Å²) in [4.78, 5) is 10.3. The highest BCUT2D eigenvalue weighted by Gasteiger charge is 1.99. The molecule has 0 saturated carbocycles. The number of hydrogen-bond donors (Lipinski definition) is 1. The second-order valence-corrected chi connectivity index (χ2v) is 3.13. The highest BCUT2D eigenvalue weighted by Crippen LogP contribution is 2.11. The lowest BCUT2D eigenvalue weighted by Crippen LogP contribution is -1.99. The maximum absolute atomic E-state index is 10.3. The Bertz CT molecular complexity index is 277. The van der Waals surface area contributed by atoms with Crippen molar-refractivity contribution in [3.05, 3.63) is 29.8 Å². The summed E-state index contributed by atoms with van der Waals surface area (Å²) in [6.45, 7) is 4.25. The van der Waals surface area contributed by atoms with E-state index < -0.39 is 5.97 Å². The van der Waals surface area contributed by atoms with E-state index in [1.54, 1.807) is 31.4 Å². The van der Waals surface area contributed by atoms with Crippen LogP contribution in [-0.4, -0.2) is 18.2 Å². The Morgan fingerprint density at radius 3 is 2.07 bits per heavy atom. The van der Waals surface area contributed by atoms with Crippen LogP contribution in [-0.2, 0) is 11.2 Å². The molecule has 84 valence electrons. The zero-order valence-electron chi connectivity index (χ0n) is 9.49. The van der Waals surface area contributed by atoms with Gasteiger partial charge in [-0.2, -0.15) is 0 Å². The fraction of sp³-hybridized carbons (Fsp3) is 0.417. The van der Waals surface area contributed by atoms with Gasteiger partial charge in [-0.25, -0.2) is 0 Å². The Balaban J connectivity index is 0.000000583. The average Bonchev–Trinajstić information content (AvgIpc) is 2.19. The largest absolute Gasteiger partial charge is 0.497 e. The summed E-state index contributed by atoms with van der Waals surface area (Å²) < 4.78 is 4.93. The number of hydrogen-bond acceptors (Lipinski definition) is 2. The van der Waals surface area contributed by atoms with E-state index in [4.69, 9.17) is 9.84 Å². The summed E-state index contributed by atoms with van der Waals surface area (Å²) >= 11 is 0. The van der Waals surface area contributed by atoms with E-state index in [1.807, 2.05) is 0 Å². The molecule has 15 heavy (non-hydrogen) atoms. The van der Waals surface area contributed by atoms with Gasteiger partial charge < -0.3 is 9.84 Å². The number of benzene rings is 1. The van der Waals surface area contributed by atoms with Crippen LogP contribution in [0.15, 0.2) is 24.3 Å². The first-order chi connectivity index (χ1) is 7.13. The molecule has 1 rings (SSSR count). The third kappa shape index (κ3) is 6.55. The van der Waals surface area contributed by atoms with Crippen molar-refractivity contribution in [1.29, 1.82) is 0 Å². The lowest BCUT2D eigenvalue weighted by Gasteiger charge is -1.99. The highest BCUT2D eigenvalue weighted by atomic mass is 16.5. The molecule has 0 bridgehead atoms. The Morgan fingerprint density at radius 1 is 1.27 bits per heavy atom. The van der Waals surface area contributed by atoms with Crippen LogP contribution in [0.1, 0.15) is 25.8 Å². The van der Waals surface area contributed by atoms with Crippen LogP contribution in [0.25, 0.3) is 0 Å². The van der Waals surface area contributed by atoms with Crippen LogP contribution >= 0.6 is 0 Å². The molecule has 0 aliphatic rings. The summed E-state index contributed by atoms with van der Waals surface area (Å²) in [6.07, 6.45) is 1.31. The highest BCUT2D eigenvalue weighted by molar-refractivity contribution is 5.70. The zero-order chi connectivity index (χ0) is 11.7. The van der Waals surface area contributed by atoms with Gasteiger partial charge in [0.25, 0.3) is 0 Å². The molecule has 0 spiro atoms. The van der Waals surface area contributed by atoms with Crippen molar-refractivity contribution in [1.82, 2.24) is 0 Å². The number of aliphatic carboxylic acids is 1. The smallest absolute Gasteiger partial charge is 0.307 e. The molecule has 0 fully saturated rings. The zero-order valence-corrected chi connectivity index (χ0v) is 9.49. The Morgan fingerprint density at radius 2 is 1.73 bits per heavy atom. The quantitative estimate of drug-likeness (QED) is 0.834. The van der Waals surface area contributed by atoms with Gasteiger partial charge in [-0.3, -0.25) is 4.79 Å². The van der Waals surface area contributed by atoms with Crippen molar-refractivity contribution >= 4 is 5.97 Å². The van der Waals surface area contributed by atoms with E-state index in [1.165, 1.54) is 6.42 Å². The summed E-state index contributed by atoms with van der Waals surface area (Å²) in [5.41, 5.74) is 0.781. The van der Waals surface area contributed by atoms with Crippen molar-refractivity contribution in [2.75, 3.05) is 7.11 Å². The second-order valence-electron chi connectivity index (χ2n) is 3.13. The minimum absolute atomic E-state index is 0.0595. The van der Waals surface area contributed by atoms with Crippen molar-refractivity contribution in [2.45, 2.75) is 26.7 Å². The summed E-state index contributed by atoms with van der Waals surface area (Å²) in [5, 5.41) is 8.46. The van der Waals surface area contributed by atoms with Gasteiger partial charge >= 0.3 is 5.97 Å². The third-order valence-corrected chi connectivity index (χ3v) is 1.51. The van der Waals surface area contributed by atoms with Gasteiger partial charge in [0.1, 0.15) is 5.75 Å². The number of carboxylic acids is 1. The van der Waals surface area contributed by atoms with Crippen molar-refractivity contribution < 1.29 is 14.6 Å². The van der Waals surface area contributed by atoms with E-state index >= 15 is 0 Å². The van der Waals surface area contributed by atoms with Crippen LogP contribution in [0.4, 0.5) is 0 Å². The van der Waals surface area contributed by atoms with Crippen LogP contribution in [0, 0.1) is 0 Å². The molecule has 0 heterocycles. The average molecular weight is 210 g/mol. The number of methoxy groups -OCH3 is 1. The molecule has 0 unspecified atom stereocenters. The van der Waals surface area contributed by atoms with Crippen molar-refractivity contribution in [2.24, 2.45) is 0 Å². The number of carboxylic acid groups (broad SMARTS) is 1. The van der Waals surface area contributed by atoms with Crippen molar-refractivity contribution in [3.63, 3.8) is 0 Å².